The highest BCUT2D eigenvalue weighted by atomic mass is 19.4. The van der Waals surface area contributed by atoms with E-state index in [0.29, 0.717) is 31.7 Å². The van der Waals surface area contributed by atoms with Crippen LogP contribution in [-0.2, 0) is 12.6 Å². The van der Waals surface area contributed by atoms with Crippen molar-refractivity contribution in [3.8, 4) is 6.07 Å². The topological polar surface area (TPSA) is 72.3 Å². The Hall–Kier alpha value is -3.28. The Morgan fingerprint density at radius 1 is 1.19 bits per heavy atom. The lowest BCUT2D eigenvalue weighted by atomic mass is 10.0. The molecule has 2 aromatic rings. The second-order valence-electron chi connectivity index (χ2n) is 7.68. The van der Waals surface area contributed by atoms with E-state index in [0.717, 1.165) is 11.6 Å². The number of hydrogen-bond donors (Lipinski definition) is 1. The van der Waals surface area contributed by atoms with Crippen molar-refractivity contribution >= 4 is 11.7 Å². The van der Waals surface area contributed by atoms with Gasteiger partial charge in [-0.2, -0.15) is 18.4 Å². The Kier molecular flexibility index (Phi) is 6.68. The third-order valence-electron chi connectivity index (χ3n) is 5.45. The predicted molar refractivity (Wildman–Crippen MR) is 110 cm³/mol. The molecule has 0 spiro atoms. The van der Waals surface area contributed by atoms with E-state index in [1.807, 2.05) is 30.9 Å². The molecule has 1 aromatic heterocycles. The normalized spacial score (nSPS) is 19.1. The molecule has 0 unspecified atom stereocenters. The number of anilines is 1. The van der Waals surface area contributed by atoms with Gasteiger partial charge in [0.05, 0.1) is 17.2 Å². The van der Waals surface area contributed by atoms with Gasteiger partial charge >= 0.3 is 12.2 Å². The summed E-state index contributed by atoms with van der Waals surface area (Å²) in [4.78, 5) is 20.2. The lowest BCUT2D eigenvalue weighted by molar-refractivity contribution is -0.137. The number of alkyl halides is 3. The third kappa shape index (κ3) is 5.26. The second-order valence-corrected chi connectivity index (χ2v) is 7.68. The summed E-state index contributed by atoms with van der Waals surface area (Å²) < 4.78 is 40.0. The first-order valence-corrected chi connectivity index (χ1v) is 10.0. The lowest BCUT2D eigenvalue weighted by Gasteiger charge is -2.45. The molecule has 0 aliphatic carbocycles. The van der Waals surface area contributed by atoms with Gasteiger partial charge < -0.3 is 15.1 Å². The van der Waals surface area contributed by atoms with Gasteiger partial charge in [0.2, 0.25) is 0 Å². The highest BCUT2D eigenvalue weighted by Crippen LogP contribution is 2.35. The van der Waals surface area contributed by atoms with E-state index in [1.165, 1.54) is 12.1 Å². The number of nitriles is 1. The van der Waals surface area contributed by atoms with Gasteiger partial charge in [-0.15, -0.1) is 0 Å². The molecule has 2 atom stereocenters. The standard InChI is InChI=1S/C22H24F3N5O/c1-15-14-30(21(31)28-10-7-17-5-8-27-9-6-17)16(2)13-29(15)19-4-3-18(12-26)20(11-19)22(23,24)25/h3-6,8-9,11,15-16H,7,10,13-14H2,1-2H3,(H,28,31)/t15-,16+/m0/s1. The minimum Gasteiger partial charge on any atom is -0.365 e. The highest BCUT2D eigenvalue weighted by molar-refractivity contribution is 5.75. The van der Waals surface area contributed by atoms with Gasteiger partial charge in [-0.05, 0) is 56.2 Å². The molecule has 1 aromatic carbocycles. The lowest BCUT2D eigenvalue weighted by Crippen LogP contribution is -2.60. The maximum Gasteiger partial charge on any atom is 0.417 e. The van der Waals surface area contributed by atoms with Crippen LogP contribution in [0.4, 0.5) is 23.7 Å². The molecule has 1 saturated heterocycles. The van der Waals surface area contributed by atoms with Crippen LogP contribution < -0.4 is 10.2 Å². The molecular weight excluding hydrogens is 407 g/mol. The Morgan fingerprint density at radius 3 is 2.55 bits per heavy atom. The number of amides is 2. The molecule has 1 aliphatic rings. The summed E-state index contributed by atoms with van der Waals surface area (Å²) in [5.41, 5.74) is 0.124. The van der Waals surface area contributed by atoms with Crippen LogP contribution in [-0.4, -0.2) is 47.6 Å². The molecule has 2 amide bonds. The number of halogens is 3. The van der Waals surface area contributed by atoms with E-state index >= 15 is 0 Å². The van der Waals surface area contributed by atoms with Crippen molar-refractivity contribution in [2.45, 2.75) is 38.5 Å². The number of piperazine rings is 1. The predicted octanol–water partition coefficient (Wildman–Crippen LogP) is 3.82. The summed E-state index contributed by atoms with van der Waals surface area (Å²) in [5.74, 6) is 0. The zero-order valence-corrected chi connectivity index (χ0v) is 17.4. The Labute approximate surface area is 179 Å². The Balaban J connectivity index is 1.66. The van der Waals surface area contributed by atoms with Crippen LogP contribution >= 0.6 is 0 Å². The van der Waals surface area contributed by atoms with Gasteiger partial charge in [0.1, 0.15) is 0 Å². The number of hydrogen-bond acceptors (Lipinski definition) is 4. The van der Waals surface area contributed by atoms with Gasteiger partial charge in [0, 0.05) is 49.8 Å². The molecule has 31 heavy (non-hydrogen) atoms. The van der Waals surface area contributed by atoms with Gasteiger partial charge in [-0.3, -0.25) is 4.98 Å². The SMILES string of the molecule is C[C@@H]1CN(c2ccc(C#N)c(C(F)(F)F)c2)[C@@H](C)CN1C(=O)NCCc1ccncc1. The molecule has 1 N–H and O–H groups in total. The summed E-state index contributed by atoms with van der Waals surface area (Å²) in [6.07, 6.45) is -0.517. The number of carbonyl (C=O) groups is 1. The summed E-state index contributed by atoms with van der Waals surface area (Å²) in [6, 6.07) is 8.57. The number of urea groups is 1. The molecule has 1 fully saturated rings. The van der Waals surface area contributed by atoms with Gasteiger partial charge in [0.15, 0.2) is 0 Å². The number of rotatable bonds is 4. The molecule has 1 aliphatic heterocycles. The summed E-state index contributed by atoms with van der Waals surface area (Å²) in [7, 11) is 0. The molecule has 0 bridgehead atoms. The smallest absolute Gasteiger partial charge is 0.365 e. The zero-order valence-electron chi connectivity index (χ0n) is 17.4. The third-order valence-corrected chi connectivity index (χ3v) is 5.45. The second kappa shape index (κ2) is 9.25. The minimum atomic E-state index is -4.60. The van der Waals surface area contributed by atoms with E-state index in [1.54, 1.807) is 23.4 Å². The van der Waals surface area contributed by atoms with E-state index in [9.17, 15) is 18.0 Å². The number of aromatic nitrogens is 1. The highest BCUT2D eigenvalue weighted by Gasteiger charge is 2.36. The van der Waals surface area contributed by atoms with Crippen LogP contribution in [0.25, 0.3) is 0 Å². The number of carbonyl (C=O) groups excluding carboxylic acids is 1. The van der Waals surface area contributed by atoms with Crippen LogP contribution in [0.2, 0.25) is 0 Å². The number of nitrogens with zero attached hydrogens (tertiary/aromatic N) is 4. The molecule has 164 valence electrons. The summed E-state index contributed by atoms with van der Waals surface area (Å²) >= 11 is 0. The fraction of sp³-hybridized carbons (Fsp3) is 0.409. The van der Waals surface area contributed by atoms with Crippen LogP contribution in [0.1, 0.15) is 30.5 Å². The molecule has 9 heteroatoms. The van der Waals surface area contributed by atoms with E-state index < -0.39 is 17.3 Å². The molecule has 2 heterocycles. The number of benzene rings is 1. The van der Waals surface area contributed by atoms with Gasteiger partial charge in [-0.25, -0.2) is 4.79 Å². The van der Waals surface area contributed by atoms with Crippen molar-refractivity contribution in [2.24, 2.45) is 0 Å². The molecule has 0 saturated carbocycles. The fourth-order valence-corrected chi connectivity index (χ4v) is 3.78. The van der Waals surface area contributed by atoms with Crippen LogP contribution in [0.15, 0.2) is 42.7 Å². The number of pyridine rings is 1. The molecule has 3 rings (SSSR count). The fourth-order valence-electron chi connectivity index (χ4n) is 3.78. The first-order chi connectivity index (χ1) is 14.7. The van der Waals surface area contributed by atoms with Crippen molar-refractivity contribution in [3.63, 3.8) is 0 Å². The van der Waals surface area contributed by atoms with Crippen LogP contribution in [0.5, 0.6) is 0 Å². The van der Waals surface area contributed by atoms with E-state index in [-0.39, 0.29) is 18.1 Å². The summed E-state index contributed by atoms with van der Waals surface area (Å²) in [5, 5.41) is 11.9. The monoisotopic (exact) mass is 431 g/mol. The quantitative estimate of drug-likeness (QED) is 0.799. The van der Waals surface area contributed by atoms with Crippen LogP contribution in [0, 0.1) is 11.3 Å². The first-order valence-electron chi connectivity index (χ1n) is 10.0. The molecule has 0 radical (unpaired) electrons. The largest absolute Gasteiger partial charge is 0.417 e. The maximum atomic E-state index is 13.3. The van der Waals surface area contributed by atoms with Crippen molar-refractivity contribution < 1.29 is 18.0 Å². The van der Waals surface area contributed by atoms with E-state index in [2.05, 4.69) is 10.3 Å². The Morgan fingerprint density at radius 2 is 1.90 bits per heavy atom. The average molecular weight is 431 g/mol. The maximum absolute atomic E-state index is 13.3. The summed E-state index contributed by atoms with van der Waals surface area (Å²) in [6.45, 7) is 4.99. The van der Waals surface area contributed by atoms with Crippen molar-refractivity contribution in [1.29, 1.82) is 5.26 Å². The first kappa shape index (κ1) is 22.4. The van der Waals surface area contributed by atoms with E-state index in [4.69, 9.17) is 5.26 Å². The van der Waals surface area contributed by atoms with Crippen molar-refractivity contribution in [2.75, 3.05) is 24.5 Å². The van der Waals surface area contributed by atoms with Crippen molar-refractivity contribution in [1.82, 2.24) is 15.2 Å². The molecule has 6 nitrogen and oxygen atoms in total. The van der Waals surface area contributed by atoms with Gasteiger partial charge in [-0.1, -0.05) is 0 Å². The number of nitrogens with one attached hydrogen (secondary N) is 1. The Bertz CT molecular complexity index is 958. The van der Waals surface area contributed by atoms with Crippen LogP contribution in [0.3, 0.4) is 0 Å². The average Bonchev–Trinajstić information content (AvgIpc) is 2.74. The van der Waals surface area contributed by atoms with Crippen molar-refractivity contribution in [3.05, 3.63) is 59.4 Å². The molecular formula is C22H24F3N5O. The zero-order chi connectivity index (χ0) is 22.6. The minimum absolute atomic E-state index is 0.184. The van der Waals surface area contributed by atoms with Gasteiger partial charge in [0.25, 0.3) is 0 Å².